The minimum Gasteiger partial charge on any atom is -0.372 e. The highest BCUT2D eigenvalue weighted by atomic mass is 15.1. The molecule has 3 heteroatoms. The van der Waals surface area contributed by atoms with Gasteiger partial charge in [0.1, 0.15) is 12.1 Å². The molecule has 0 spiro atoms. The van der Waals surface area contributed by atoms with Gasteiger partial charge in [-0.15, -0.1) is 0 Å². The van der Waals surface area contributed by atoms with Crippen molar-refractivity contribution in [2.45, 2.75) is 26.7 Å². The fourth-order valence-corrected chi connectivity index (χ4v) is 1.83. The topological polar surface area (TPSA) is 50.8 Å². The standard InChI is InChI=1S/C14H17N3/c1-3-7-17(8-4-2)14-6-5-12(10-15)13(9-14)11-16/h5-6,9H,3-4,7-8H2,1-2H3. The van der Waals surface area contributed by atoms with E-state index in [9.17, 15) is 0 Å². The summed E-state index contributed by atoms with van der Waals surface area (Å²) in [4.78, 5) is 2.25. The van der Waals surface area contributed by atoms with Crippen molar-refractivity contribution in [3.63, 3.8) is 0 Å². The molecule has 0 atom stereocenters. The van der Waals surface area contributed by atoms with Gasteiger partial charge >= 0.3 is 0 Å². The Labute approximate surface area is 103 Å². The predicted molar refractivity (Wildman–Crippen MR) is 68.7 cm³/mol. The molecule has 1 rings (SSSR count). The van der Waals surface area contributed by atoms with Crippen molar-refractivity contribution >= 4 is 5.69 Å². The first kappa shape index (κ1) is 13.1. The van der Waals surface area contributed by atoms with Crippen molar-refractivity contribution in [2.75, 3.05) is 18.0 Å². The lowest BCUT2D eigenvalue weighted by Gasteiger charge is -2.24. The third-order valence-electron chi connectivity index (χ3n) is 2.60. The zero-order chi connectivity index (χ0) is 12.7. The fraction of sp³-hybridized carbons (Fsp3) is 0.429. The number of nitrogens with zero attached hydrogens (tertiary/aromatic N) is 3. The summed E-state index contributed by atoms with van der Waals surface area (Å²) >= 11 is 0. The van der Waals surface area contributed by atoms with Crippen LogP contribution < -0.4 is 4.90 Å². The highest BCUT2D eigenvalue weighted by Crippen LogP contribution is 2.19. The molecule has 0 aliphatic rings. The van der Waals surface area contributed by atoms with E-state index in [2.05, 4.69) is 24.8 Å². The Morgan fingerprint density at radius 1 is 1.00 bits per heavy atom. The number of hydrogen-bond acceptors (Lipinski definition) is 3. The molecule has 0 fully saturated rings. The van der Waals surface area contributed by atoms with Crippen LogP contribution in [0, 0.1) is 22.7 Å². The molecule has 0 unspecified atom stereocenters. The van der Waals surface area contributed by atoms with Crippen LogP contribution in [0.25, 0.3) is 0 Å². The van der Waals surface area contributed by atoms with Crippen molar-refractivity contribution in [1.82, 2.24) is 0 Å². The second-order valence-corrected chi connectivity index (χ2v) is 3.94. The molecule has 0 saturated carbocycles. The zero-order valence-electron chi connectivity index (χ0n) is 10.4. The molecule has 0 radical (unpaired) electrons. The molecule has 0 aliphatic heterocycles. The van der Waals surface area contributed by atoms with E-state index in [0.29, 0.717) is 11.1 Å². The quantitative estimate of drug-likeness (QED) is 0.776. The van der Waals surface area contributed by atoms with Crippen molar-refractivity contribution in [1.29, 1.82) is 10.5 Å². The first-order valence-corrected chi connectivity index (χ1v) is 5.96. The van der Waals surface area contributed by atoms with Gasteiger partial charge < -0.3 is 4.90 Å². The van der Waals surface area contributed by atoms with Gasteiger partial charge in [-0.3, -0.25) is 0 Å². The maximum absolute atomic E-state index is 9.00. The Morgan fingerprint density at radius 2 is 1.59 bits per heavy atom. The third kappa shape index (κ3) is 3.23. The second kappa shape index (κ2) is 6.55. The first-order valence-electron chi connectivity index (χ1n) is 5.96. The van der Waals surface area contributed by atoms with Crippen LogP contribution in [-0.2, 0) is 0 Å². The molecule has 0 aromatic heterocycles. The molecule has 1 aromatic rings. The summed E-state index contributed by atoms with van der Waals surface area (Å²) in [5.74, 6) is 0. The maximum atomic E-state index is 9.00. The Hall–Kier alpha value is -2.00. The van der Waals surface area contributed by atoms with Crippen LogP contribution >= 0.6 is 0 Å². The lowest BCUT2D eigenvalue weighted by Crippen LogP contribution is -2.24. The summed E-state index contributed by atoms with van der Waals surface area (Å²) in [5.41, 5.74) is 1.94. The number of hydrogen-bond donors (Lipinski definition) is 0. The average molecular weight is 227 g/mol. The van der Waals surface area contributed by atoms with Crippen LogP contribution in [0.2, 0.25) is 0 Å². The smallest absolute Gasteiger partial charge is 0.101 e. The lowest BCUT2D eigenvalue weighted by atomic mass is 10.1. The molecular formula is C14H17N3. The summed E-state index contributed by atoms with van der Waals surface area (Å²) in [7, 11) is 0. The van der Waals surface area contributed by atoms with Crippen LogP contribution in [0.15, 0.2) is 18.2 Å². The SMILES string of the molecule is CCCN(CCC)c1ccc(C#N)c(C#N)c1. The van der Waals surface area contributed by atoms with Gasteiger partial charge in [-0.25, -0.2) is 0 Å². The molecule has 0 saturated heterocycles. The van der Waals surface area contributed by atoms with Crippen molar-refractivity contribution in [2.24, 2.45) is 0 Å². The van der Waals surface area contributed by atoms with Crippen LogP contribution in [-0.4, -0.2) is 13.1 Å². The van der Waals surface area contributed by atoms with E-state index in [1.165, 1.54) is 0 Å². The zero-order valence-corrected chi connectivity index (χ0v) is 10.4. The number of benzene rings is 1. The predicted octanol–water partition coefficient (Wildman–Crippen LogP) is 3.06. The molecule has 0 N–H and O–H groups in total. The van der Waals surface area contributed by atoms with Gasteiger partial charge in [-0.2, -0.15) is 10.5 Å². The molecule has 17 heavy (non-hydrogen) atoms. The van der Waals surface area contributed by atoms with Crippen LogP contribution in [0.4, 0.5) is 5.69 Å². The van der Waals surface area contributed by atoms with Gasteiger partial charge in [-0.05, 0) is 31.0 Å². The van der Waals surface area contributed by atoms with Gasteiger partial charge in [0.15, 0.2) is 0 Å². The van der Waals surface area contributed by atoms with Gasteiger partial charge in [0.2, 0.25) is 0 Å². The summed E-state index contributed by atoms with van der Waals surface area (Å²) in [6, 6.07) is 9.57. The normalized spacial score (nSPS) is 9.41. The highest BCUT2D eigenvalue weighted by Gasteiger charge is 2.08. The van der Waals surface area contributed by atoms with Crippen LogP contribution in [0.1, 0.15) is 37.8 Å². The molecular weight excluding hydrogens is 210 g/mol. The van der Waals surface area contributed by atoms with Gasteiger partial charge in [0.25, 0.3) is 0 Å². The van der Waals surface area contributed by atoms with Gasteiger partial charge in [0, 0.05) is 18.8 Å². The van der Waals surface area contributed by atoms with Crippen molar-refractivity contribution in [3.05, 3.63) is 29.3 Å². The summed E-state index contributed by atoms with van der Waals surface area (Å²) in [6.07, 6.45) is 2.14. The highest BCUT2D eigenvalue weighted by molar-refractivity contribution is 5.57. The van der Waals surface area contributed by atoms with E-state index < -0.39 is 0 Å². The number of nitriles is 2. The number of rotatable bonds is 5. The van der Waals surface area contributed by atoms with E-state index in [4.69, 9.17) is 10.5 Å². The Morgan fingerprint density at radius 3 is 2.06 bits per heavy atom. The second-order valence-electron chi connectivity index (χ2n) is 3.94. The molecule has 3 nitrogen and oxygen atoms in total. The average Bonchev–Trinajstić information content (AvgIpc) is 2.37. The van der Waals surface area contributed by atoms with E-state index in [-0.39, 0.29) is 0 Å². The summed E-state index contributed by atoms with van der Waals surface area (Å²) in [5, 5.41) is 17.9. The molecule has 0 bridgehead atoms. The fourth-order valence-electron chi connectivity index (χ4n) is 1.83. The van der Waals surface area contributed by atoms with Gasteiger partial charge in [-0.1, -0.05) is 13.8 Å². The summed E-state index contributed by atoms with van der Waals surface area (Å²) < 4.78 is 0. The van der Waals surface area contributed by atoms with E-state index in [1.54, 1.807) is 6.07 Å². The molecule has 0 heterocycles. The monoisotopic (exact) mass is 227 g/mol. The minimum absolute atomic E-state index is 0.448. The van der Waals surface area contributed by atoms with Gasteiger partial charge in [0.05, 0.1) is 11.1 Å². The van der Waals surface area contributed by atoms with E-state index in [1.807, 2.05) is 18.2 Å². The summed E-state index contributed by atoms with van der Waals surface area (Å²) in [6.45, 7) is 6.23. The third-order valence-corrected chi connectivity index (χ3v) is 2.60. The minimum atomic E-state index is 0.448. The van der Waals surface area contributed by atoms with Crippen molar-refractivity contribution in [3.8, 4) is 12.1 Å². The van der Waals surface area contributed by atoms with E-state index in [0.717, 1.165) is 31.6 Å². The first-order chi connectivity index (χ1) is 8.26. The Kier molecular flexibility index (Phi) is 5.04. The van der Waals surface area contributed by atoms with Crippen LogP contribution in [0.5, 0.6) is 0 Å². The number of anilines is 1. The van der Waals surface area contributed by atoms with Crippen molar-refractivity contribution < 1.29 is 0 Å². The van der Waals surface area contributed by atoms with Crippen LogP contribution in [0.3, 0.4) is 0 Å². The maximum Gasteiger partial charge on any atom is 0.101 e. The molecule has 1 aromatic carbocycles. The van der Waals surface area contributed by atoms with E-state index >= 15 is 0 Å². The largest absolute Gasteiger partial charge is 0.372 e. The Balaban J connectivity index is 3.05. The molecule has 0 aliphatic carbocycles. The lowest BCUT2D eigenvalue weighted by molar-refractivity contribution is 0.745. The molecule has 0 amide bonds. The Bertz CT molecular complexity index is 446. The molecule has 88 valence electrons.